The summed E-state index contributed by atoms with van der Waals surface area (Å²) < 4.78 is 0. The molecule has 4 nitrogen and oxygen atoms in total. The predicted molar refractivity (Wildman–Crippen MR) is 7.74 cm³/mol. The number of rotatable bonds is 0. The van der Waals surface area contributed by atoms with Crippen LogP contribution in [-0.2, 0) is 17.4 Å². The summed E-state index contributed by atoms with van der Waals surface area (Å²) in [7, 11) is 0. The Morgan fingerprint density at radius 3 is 0.500 bits per heavy atom. The first-order chi connectivity index (χ1) is 0. The second-order valence-electron chi connectivity index (χ2n) is 0. The SMILES string of the molecule is [Cr+3].[Li+].[OH-].[OH-].[OH-].[OH-]. The van der Waals surface area contributed by atoms with Crippen LogP contribution in [0.15, 0.2) is 0 Å². The Balaban J connectivity index is 0. The largest absolute Gasteiger partial charge is 3.00 e. The van der Waals surface area contributed by atoms with Gasteiger partial charge < -0.3 is 21.9 Å². The van der Waals surface area contributed by atoms with Gasteiger partial charge in [-0.05, 0) is 0 Å². The van der Waals surface area contributed by atoms with Crippen LogP contribution < -0.4 is 18.9 Å². The van der Waals surface area contributed by atoms with Gasteiger partial charge >= 0.3 is 36.2 Å². The molecule has 6 heavy (non-hydrogen) atoms. The van der Waals surface area contributed by atoms with Crippen LogP contribution in [0.1, 0.15) is 0 Å². The third-order valence-electron chi connectivity index (χ3n) is 0. The fraction of sp³-hybridized carbons (Fsp3) is 0. The minimum absolute atomic E-state index is 0. The van der Waals surface area contributed by atoms with Crippen molar-refractivity contribution in [2.45, 2.75) is 0 Å². The average molecular weight is 127 g/mol. The van der Waals surface area contributed by atoms with Crippen LogP contribution >= 0.6 is 0 Å². The molecule has 6 heteroatoms. The number of hydrogen-bond donors (Lipinski definition) is 0. The van der Waals surface area contributed by atoms with E-state index in [1.807, 2.05) is 0 Å². The van der Waals surface area contributed by atoms with Crippen molar-refractivity contribution in [2.75, 3.05) is 0 Å². The summed E-state index contributed by atoms with van der Waals surface area (Å²) in [6.45, 7) is 0. The summed E-state index contributed by atoms with van der Waals surface area (Å²) in [5, 5.41) is 0. The van der Waals surface area contributed by atoms with Crippen LogP contribution in [0, 0.1) is 0 Å². The molecule has 4 N–H and O–H groups in total. The summed E-state index contributed by atoms with van der Waals surface area (Å²) in [6, 6.07) is 0. The fourth-order valence-electron chi connectivity index (χ4n) is 0. The zero-order valence-corrected chi connectivity index (χ0v) is 4.47. The van der Waals surface area contributed by atoms with E-state index in [2.05, 4.69) is 0 Å². The predicted octanol–water partition coefficient (Wildman–Crippen LogP) is -3.71. The molecule has 0 aliphatic rings. The second kappa shape index (κ2) is 157. The Bertz CT molecular complexity index is 7.51. The summed E-state index contributed by atoms with van der Waals surface area (Å²) in [6.07, 6.45) is 0. The minimum atomic E-state index is 0. The number of hydrogen-bond acceptors (Lipinski definition) is 4. The van der Waals surface area contributed by atoms with Crippen molar-refractivity contribution in [3.05, 3.63) is 0 Å². The molecule has 0 spiro atoms. The molecule has 0 aromatic carbocycles. The molecule has 0 saturated heterocycles. The van der Waals surface area contributed by atoms with E-state index >= 15 is 0 Å². The van der Waals surface area contributed by atoms with Gasteiger partial charge in [0.1, 0.15) is 0 Å². The molecule has 0 heterocycles. The van der Waals surface area contributed by atoms with Crippen molar-refractivity contribution in [1.29, 1.82) is 0 Å². The average Bonchev–Trinajstić information content (AvgIpc) is 0. The molecule has 0 atom stereocenters. The van der Waals surface area contributed by atoms with E-state index < -0.39 is 0 Å². The summed E-state index contributed by atoms with van der Waals surface area (Å²) in [4.78, 5) is 0. The van der Waals surface area contributed by atoms with E-state index in [1.54, 1.807) is 0 Å². The van der Waals surface area contributed by atoms with Gasteiger partial charge in [0.2, 0.25) is 0 Å². The van der Waals surface area contributed by atoms with Crippen molar-refractivity contribution in [2.24, 2.45) is 0 Å². The van der Waals surface area contributed by atoms with Crippen molar-refractivity contribution in [3.8, 4) is 0 Å². The molecule has 35 valence electrons. The van der Waals surface area contributed by atoms with Gasteiger partial charge in [-0.15, -0.1) is 0 Å². The van der Waals surface area contributed by atoms with E-state index in [4.69, 9.17) is 0 Å². The van der Waals surface area contributed by atoms with Gasteiger partial charge in [0.25, 0.3) is 0 Å². The van der Waals surface area contributed by atoms with E-state index in [-0.39, 0.29) is 58.1 Å². The molecule has 0 amide bonds. The maximum Gasteiger partial charge on any atom is 3.00 e. The topological polar surface area (TPSA) is 120 Å². The Labute approximate surface area is 58.5 Å². The van der Waals surface area contributed by atoms with Gasteiger partial charge in [0.15, 0.2) is 0 Å². The van der Waals surface area contributed by atoms with Gasteiger partial charge in [-0.2, -0.15) is 0 Å². The zero-order chi connectivity index (χ0) is 0. The quantitative estimate of drug-likeness (QED) is 0.311. The second-order valence-corrected chi connectivity index (χ2v) is 0. The smallest absolute Gasteiger partial charge is 0.870 e. The Kier molecular flexibility index (Phi) is 6900. The van der Waals surface area contributed by atoms with Crippen LogP contribution in [0.2, 0.25) is 0 Å². The van der Waals surface area contributed by atoms with Gasteiger partial charge in [0, 0.05) is 0 Å². The maximum absolute atomic E-state index is 0. The van der Waals surface area contributed by atoms with Gasteiger partial charge in [-0.3, -0.25) is 0 Å². The summed E-state index contributed by atoms with van der Waals surface area (Å²) >= 11 is 0. The molecule has 1 radical (unpaired) electrons. The van der Waals surface area contributed by atoms with Crippen LogP contribution in [0.25, 0.3) is 0 Å². The van der Waals surface area contributed by atoms with Gasteiger partial charge in [0.05, 0.1) is 0 Å². The van der Waals surface area contributed by atoms with Crippen molar-refractivity contribution >= 4 is 0 Å². The normalized spacial score (nSPS) is 0. The molecule has 0 bridgehead atoms. The first-order valence-electron chi connectivity index (χ1n) is 0. The standard InChI is InChI=1S/Cr.Li.4H2O/h;;4*1H2/q+3;+1;;;;/p-4. The van der Waals surface area contributed by atoms with Crippen LogP contribution in [0.3, 0.4) is 0 Å². The van der Waals surface area contributed by atoms with Crippen molar-refractivity contribution < 1.29 is 58.1 Å². The first kappa shape index (κ1) is 264. The van der Waals surface area contributed by atoms with Gasteiger partial charge in [-0.1, -0.05) is 0 Å². The monoisotopic (exact) mass is 127 g/mol. The zero-order valence-electron chi connectivity index (χ0n) is 3.20. The summed E-state index contributed by atoms with van der Waals surface area (Å²) in [5.74, 6) is 0. The molecule has 0 fully saturated rings. The Hall–Kier alpha value is 0.970. The molecular weight excluding hydrogens is 123 g/mol. The molecule has 0 rings (SSSR count). The third-order valence-corrected chi connectivity index (χ3v) is 0. The van der Waals surface area contributed by atoms with Crippen molar-refractivity contribution in [1.82, 2.24) is 0 Å². The Morgan fingerprint density at radius 2 is 0.500 bits per heavy atom. The Morgan fingerprint density at radius 1 is 0.500 bits per heavy atom. The molecule has 0 aromatic heterocycles. The fourth-order valence-corrected chi connectivity index (χ4v) is 0. The first-order valence-corrected chi connectivity index (χ1v) is 0. The third kappa shape index (κ3) is 83.3. The summed E-state index contributed by atoms with van der Waals surface area (Å²) in [5.41, 5.74) is 0. The van der Waals surface area contributed by atoms with Crippen LogP contribution in [0.5, 0.6) is 0 Å². The molecular formula is H4CrLiO4. The van der Waals surface area contributed by atoms with Crippen molar-refractivity contribution in [3.63, 3.8) is 0 Å². The van der Waals surface area contributed by atoms with Gasteiger partial charge in [-0.25, -0.2) is 0 Å². The van der Waals surface area contributed by atoms with E-state index in [0.717, 1.165) is 0 Å². The molecule has 0 saturated carbocycles. The van der Waals surface area contributed by atoms with Crippen LogP contribution in [0.4, 0.5) is 0 Å². The molecule has 0 aromatic rings. The molecule has 0 aliphatic heterocycles. The van der Waals surface area contributed by atoms with Crippen LogP contribution in [-0.4, -0.2) is 21.9 Å². The maximum atomic E-state index is 0. The molecule has 0 aliphatic carbocycles. The van der Waals surface area contributed by atoms with E-state index in [0.29, 0.717) is 0 Å². The molecule has 0 unspecified atom stereocenters. The minimum Gasteiger partial charge on any atom is -0.870 e. The van der Waals surface area contributed by atoms with E-state index in [1.165, 1.54) is 0 Å². The van der Waals surface area contributed by atoms with E-state index in [9.17, 15) is 0 Å².